The van der Waals surface area contributed by atoms with E-state index in [1.807, 2.05) is 12.1 Å². The van der Waals surface area contributed by atoms with E-state index in [9.17, 15) is 0 Å². The molecule has 1 aromatic rings. The van der Waals surface area contributed by atoms with Crippen LogP contribution in [0.2, 0.25) is 0 Å². The van der Waals surface area contributed by atoms with Crippen LogP contribution in [0.1, 0.15) is 18.4 Å². The van der Waals surface area contributed by atoms with Crippen LogP contribution in [0.15, 0.2) is 18.2 Å². The predicted octanol–water partition coefficient (Wildman–Crippen LogP) is 1.02. The van der Waals surface area contributed by atoms with E-state index in [0.29, 0.717) is 13.3 Å². The minimum atomic E-state index is 0.105. The van der Waals surface area contributed by atoms with Crippen LogP contribution in [-0.2, 0) is 6.42 Å². The molecule has 1 atom stereocenters. The van der Waals surface area contributed by atoms with Crippen molar-refractivity contribution in [2.75, 3.05) is 13.3 Å². The van der Waals surface area contributed by atoms with Gasteiger partial charge in [-0.05, 0) is 30.9 Å². The van der Waals surface area contributed by atoms with E-state index in [4.69, 9.17) is 20.9 Å². The fraction of sp³-hybridized carbons (Fsp3) is 0.500. The highest BCUT2D eigenvalue weighted by Gasteiger charge is 2.16. The molecule has 1 aliphatic heterocycles. The fourth-order valence-corrected chi connectivity index (χ4v) is 1.86. The molecule has 0 fully saturated rings. The minimum absolute atomic E-state index is 0.105. The largest absolute Gasteiger partial charge is 0.454 e. The monoisotopic (exact) mass is 222 g/mol. The van der Waals surface area contributed by atoms with Crippen LogP contribution in [0.4, 0.5) is 0 Å². The topological polar surface area (TPSA) is 70.5 Å². The SMILES string of the molecule is NCC(N)CCCc1cccc2c1OCO2. The molecule has 1 heterocycles. The molecule has 0 aliphatic carbocycles. The van der Waals surface area contributed by atoms with Gasteiger partial charge in [0, 0.05) is 12.6 Å². The molecule has 0 amide bonds. The second-order valence-electron chi connectivity index (χ2n) is 4.04. The molecule has 1 unspecified atom stereocenters. The molecule has 0 saturated heterocycles. The van der Waals surface area contributed by atoms with E-state index in [0.717, 1.165) is 30.8 Å². The number of benzene rings is 1. The third kappa shape index (κ3) is 2.46. The first-order chi connectivity index (χ1) is 7.81. The van der Waals surface area contributed by atoms with Crippen LogP contribution < -0.4 is 20.9 Å². The van der Waals surface area contributed by atoms with Gasteiger partial charge in [-0.15, -0.1) is 0 Å². The number of hydrogen-bond acceptors (Lipinski definition) is 4. The Balaban J connectivity index is 1.92. The molecule has 0 radical (unpaired) electrons. The van der Waals surface area contributed by atoms with Crippen LogP contribution in [0.3, 0.4) is 0 Å². The molecule has 16 heavy (non-hydrogen) atoms. The maximum atomic E-state index is 5.77. The first-order valence-corrected chi connectivity index (χ1v) is 5.64. The van der Waals surface area contributed by atoms with Gasteiger partial charge in [0.15, 0.2) is 11.5 Å². The number of ether oxygens (including phenoxy) is 2. The summed E-state index contributed by atoms with van der Waals surface area (Å²) in [6.45, 7) is 0.876. The van der Waals surface area contributed by atoms with E-state index >= 15 is 0 Å². The van der Waals surface area contributed by atoms with Crippen molar-refractivity contribution in [2.45, 2.75) is 25.3 Å². The minimum Gasteiger partial charge on any atom is -0.454 e. The second kappa shape index (κ2) is 5.18. The molecule has 0 aromatic heterocycles. The van der Waals surface area contributed by atoms with Crippen LogP contribution in [0, 0.1) is 0 Å². The number of aryl methyl sites for hydroxylation is 1. The Bertz CT molecular complexity index is 355. The summed E-state index contributed by atoms with van der Waals surface area (Å²) in [4.78, 5) is 0. The van der Waals surface area contributed by atoms with Crippen LogP contribution in [0.25, 0.3) is 0 Å². The van der Waals surface area contributed by atoms with Crippen molar-refractivity contribution in [1.29, 1.82) is 0 Å². The molecular weight excluding hydrogens is 204 g/mol. The third-order valence-corrected chi connectivity index (χ3v) is 2.80. The van der Waals surface area contributed by atoms with Crippen molar-refractivity contribution in [3.05, 3.63) is 23.8 Å². The number of rotatable bonds is 5. The van der Waals surface area contributed by atoms with Crippen molar-refractivity contribution in [3.63, 3.8) is 0 Å². The van der Waals surface area contributed by atoms with Crippen LogP contribution in [0.5, 0.6) is 11.5 Å². The summed E-state index contributed by atoms with van der Waals surface area (Å²) in [5.41, 5.74) is 12.4. The number of hydrogen-bond donors (Lipinski definition) is 2. The Labute approximate surface area is 95.5 Å². The van der Waals surface area contributed by atoms with Gasteiger partial charge in [0.05, 0.1) is 0 Å². The van der Waals surface area contributed by atoms with Crippen molar-refractivity contribution < 1.29 is 9.47 Å². The molecule has 1 aromatic carbocycles. The van der Waals surface area contributed by atoms with Crippen molar-refractivity contribution >= 4 is 0 Å². The molecule has 4 N–H and O–H groups in total. The van der Waals surface area contributed by atoms with Gasteiger partial charge in [-0.25, -0.2) is 0 Å². The molecule has 0 saturated carbocycles. The molecule has 4 heteroatoms. The summed E-state index contributed by atoms with van der Waals surface area (Å²) in [7, 11) is 0. The molecule has 2 rings (SSSR count). The summed E-state index contributed by atoms with van der Waals surface area (Å²) >= 11 is 0. The Morgan fingerprint density at radius 3 is 3.00 bits per heavy atom. The summed E-state index contributed by atoms with van der Waals surface area (Å²) in [6, 6.07) is 6.10. The zero-order valence-corrected chi connectivity index (χ0v) is 9.32. The van der Waals surface area contributed by atoms with Gasteiger partial charge >= 0.3 is 0 Å². The fourth-order valence-electron chi connectivity index (χ4n) is 1.86. The maximum Gasteiger partial charge on any atom is 0.231 e. The summed E-state index contributed by atoms with van der Waals surface area (Å²) in [6.07, 6.45) is 2.93. The van der Waals surface area contributed by atoms with Gasteiger partial charge in [0.25, 0.3) is 0 Å². The quantitative estimate of drug-likeness (QED) is 0.780. The van der Waals surface area contributed by atoms with Gasteiger partial charge < -0.3 is 20.9 Å². The van der Waals surface area contributed by atoms with E-state index in [1.165, 1.54) is 5.56 Å². The van der Waals surface area contributed by atoms with Crippen molar-refractivity contribution in [2.24, 2.45) is 11.5 Å². The molecule has 0 bridgehead atoms. The molecular formula is C12H18N2O2. The Kier molecular flexibility index (Phi) is 3.64. The first-order valence-electron chi connectivity index (χ1n) is 5.64. The highest BCUT2D eigenvalue weighted by atomic mass is 16.7. The zero-order valence-electron chi connectivity index (χ0n) is 9.32. The van der Waals surface area contributed by atoms with Crippen LogP contribution >= 0.6 is 0 Å². The normalized spacial score (nSPS) is 15.1. The van der Waals surface area contributed by atoms with Crippen molar-refractivity contribution in [3.8, 4) is 11.5 Å². The smallest absolute Gasteiger partial charge is 0.231 e. The molecule has 0 spiro atoms. The van der Waals surface area contributed by atoms with E-state index in [-0.39, 0.29) is 6.04 Å². The van der Waals surface area contributed by atoms with E-state index in [1.54, 1.807) is 0 Å². The molecule has 1 aliphatic rings. The van der Waals surface area contributed by atoms with Gasteiger partial charge in [-0.3, -0.25) is 0 Å². The van der Waals surface area contributed by atoms with E-state index < -0.39 is 0 Å². The highest BCUT2D eigenvalue weighted by Crippen LogP contribution is 2.35. The lowest BCUT2D eigenvalue weighted by molar-refractivity contribution is 0.173. The lowest BCUT2D eigenvalue weighted by atomic mass is 10.0. The first kappa shape index (κ1) is 11.2. The summed E-state index contributed by atoms with van der Waals surface area (Å²) < 4.78 is 10.8. The number of nitrogens with two attached hydrogens (primary N) is 2. The van der Waals surface area contributed by atoms with Gasteiger partial charge in [-0.1, -0.05) is 12.1 Å². The van der Waals surface area contributed by atoms with Gasteiger partial charge in [0.2, 0.25) is 6.79 Å². The van der Waals surface area contributed by atoms with E-state index in [2.05, 4.69) is 6.07 Å². The maximum absolute atomic E-state index is 5.77. The average Bonchev–Trinajstić information content (AvgIpc) is 2.77. The third-order valence-electron chi connectivity index (χ3n) is 2.80. The average molecular weight is 222 g/mol. The Hall–Kier alpha value is -1.26. The lowest BCUT2D eigenvalue weighted by Gasteiger charge is -2.09. The summed E-state index contributed by atoms with van der Waals surface area (Å²) in [5, 5.41) is 0. The second-order valence-corrected chi connectivity index (χ2v) is 4.04. The molecule has 88 valence electrons. The highest BCUT2D eigenvalue weighted by molar-refractivity contribution is 5.48. The molecule has 4 nitrogen and oxygen atoms in total. The number of para-hydroxylation sites is 1. The lowest BCUT2D eigenvalue weighted by Crippen LogP contribution is -2.29. The Morgan fingerprint density at radius 2 is 2.19 bits per heavy atom. The standard InChI is InChI=1S/C12H18N2O2/c13-7-10(14)5-1-3-9-4-2-6-11-12(9)16-8-15-11/h2,4,6,10H,1,3,5,7-8,13-14H2. The van der Waals surface area contributed by atoms with Gasteiger partial charge in [0.1, 0.15) is 0 Å². The summed E-state index contributed by atoms with van der Waals surface area (Å²) in [5.74, 6) is 1.74. The van der Waals surface area contributed by atoms with Crippen LogP contribution in [-0.4, -0.2) is 19.4 Å². The number of fused-ring (bicyclic) bond motifs is 1. The zero-order chi connectivity index (χ0) is 11.4. The van der Waals surface area contributed by atoms with Crippen molar-refractivity contribution in [1.82, 2.24) is 0 Å². The van der Waals surface area contributed by atoms with Gasteiger partial charge in [-0.2, -0.15) is 0 Å². The predicted molar refractivity (Wildman–Crippen MR) is 62.5 cm³/mol. The Morgan fingerprint density at radius 1 is 1.31 bits per heavy atom.